The van der Waals surface area contributed by atoms with E-state index in [1.807, 2.05) is 24.0 Å². The summed E-state index contributed by atoms with van der Waals surface area (Å²) in [7, 11) is 0. The third kappa shape index (κ3) is 2.57. The van der Waals surface area contributed by atoms with Crippen molar-refractivity contribution in [1.29, 1.82) is 0 Å². The first kappa shape index (κ1) is 16.5. The van der Waals surface area contributed by atoms with Gasteiger partial charge < -0.3 is 15.3 Å². The number of carboxylic acids is 1. The molecule has 2 aromatic rings. The lowest BCUT2D eigenvalue weighted by atomic mass is 9.76. The van der Waals surface area contributed by atoms with Gasteiger partial charge in [-0.3, -0.25) is 4.79 Å². The molecule has 0 atom stereocenters. The fraction of sp³-hybridized carbons (Fsp3) is 0.579. The lowest BCUT2D eigenvalue weighted by Crippen LogP contribution is -2.40. The van der Waals surface area contributed by atoms with Gasteiger partial charge in [0.2, 0.25) is 0 Å². The van der Waals surface area contributed by atoms with Gasteiger partial charge in [0.15, 0.2) is 5.65 Å². The van der Waals surface area contributed by atoms with Crippen molar-refractivity contribution in [2.75, 3.05) is 5.32 Å². The van der Waals surface area contributed by atoms with Crippen LogP contribution in [0, 0.1) is 5.92 Å². The van der Waals surface area contributed by atoms with E-state index in [2.05, 4.69) is 20.6 Å². The second kappa shape index (κ2) is 5.94. The van der Waals surface area contributed by atoms with Gasteiger partial charge in [-0.15, -0.1) is 0 Å². The Morgan fingerprint density at radius 1 is 1.41 bits per heavy atom. The molecule has 0 bridgehead atoms. The average molecular weight is 369 g/mol. The molecule has 2 N–H and O–H groups in total. The van der Waals surface area contributed by atoms with E-state index in [9.17, 15) is 4.79 Å². The van der Waals surface area contributed by atoms with Crippen LogP contribution < -0.4 is 5.32 Å². The first-order valence-electron chi connectivity index (χ1n) is 9.68. The molecule has 3 aliphatic rings. The quantitative estimate of drug-likeness (QED) is 0.840. The van der Waals surface area contributed by atoms with Gasteiger partial charge in [-0.25, -0.2) is 9.67 Å². The van der Waals surface area contributed by atoms with E-state index in [0.29, 0.717) is 12.8 Å². The van der Waals surface area contributed by atoms with Gasteiger partial charge in [-0.2, -0.15) is 5.10 Å². The zero-order valence-corrected chi connectivity index (χ0v) is 15.3. The van der Waals surface area contributed by atoms with Crippen molar-refractivity contribution in [2.45, 2.75) is 63.6 Å². The van der Waals surface area contributed by atoms with Gasteiger partial charge >= 0.3 is 5.97 Å². The molecular weight excluding hydrogens is 346 g/mol. The van der Waals surface area contributed by atoms with Gasteiger partial charge in [-0.1, -0.05) is 5.16 Å². The molecule has 2 fully saturated rings. The Kier molecular flexibility index (Phi) is 3.63. The number of hydrogen-bond acceptors (Lipinski definition) is 6. The van der Waals surface area contributed by atoms with Gasteiger partial charge in [0.1, 0.15) is 5.60 Å². The summed E-state index contributed by atoms with van der Waals surface area (Å²) < 4.78 is 1.87. The number of fused-ring (bicyclic) bond motifs is 1. The monoisotopic (exact) mass is 369 g/mol. The Balaban J connectivity index is 1.49. The van der Waals surface area contributed by atoms with Gasteiger partial charge in [0.05, 0.1) is 28.9 Å². The second-order valence-corrected chi connectivity index (χ2v) is 7.93. The molecule has 2 saturated carbocycles. The standard InChI is InChI=1S/C19H23N5O3/c1-2-24-17-14(10-21-24)16(22-12-6-11(7-12)18(25)26)13(9-20-17)15-8-19(27-23-15)4-3-5-19/h9-12H,2-8H2,1H3,(H,20,22)(H,25,26). The molecule has 142 valence electrons. The molecule has 0 unspecified atom stereocenters. The number of aromatic nitrogens is 3. The number of nitrogens with one attached hydrogen (secondary N) is 1. The number of rotatable bonds is 5. The maximum absolute atomic E-state index is 11.1. The summed E-state index contributed by atoms with van der Waals surface area (Å²) in [4.78, 5) is 21.5. The molecule has 8 heteroatoms. The second-order valence-electron chi connectivity index (χ2n) is 7.93. The third-order valence-electron chi connectivity index (χ3n) is 6.22. The van der Waals surface area contributed by atoms with Crippen LogP contribution in [-0.2, 0) is 16.2 Å². The summed E-state index contributed by atoms with van der Waals surface area (Å²) in [6.07, 6.45) is 9.05. The van der Waals surface area contributed by atoms with E-state index in [-0.39, 0.29) is 17.6 Å². The van der Waals surface area contributed by atoms with Crippen LogP contribution in [0.5, 0.6) is 0 Å². The van der Waals surface area contributed by atoms with E-state index >= 15 is 0 Å². The Morgan fingerprint density at radius 2 is 2.22 bits per heavy atom. The largest absolute Gasteiger partial charge is 0.481 e. The van der Waals surface area contributed by atoms with Crippen LogP contribution in [0.3, 0.4) is 0 Å². The fourth-order valence-corrected chi connectivity index (χ4v) is 4.28. The van der Waals surface area contributed by atoms with E-state index in [0.717, 1.165) is 53.8 Å². The van der Waals surface area contributed by atoms with Gasteiger partial charge in [0.25, 0.3) is 0 Å². The lowest BCUT2D eigenvalue weighted by molar-refractivity contribution is -0.144. The number of pyridine rings is 1. The zero-order chi connectivity index (χ0) is 18.6. The fourth-order valence-electron chi connectivity index (χ4n) is 4.28. The number of oxime groups is 1. The summed E-state index contributed by atoms with van der Waals surface area (Å²) in [6, 6.07) is 0.140. The lowest BCUT2D eigenvalue weighted by Gasteiger charge is -2.35. The molecule has 8 nitrogen and oxygen atoms in total. The summed E-state index contributed by atoms with van der Waals surface area (Å²) >= 11 is 0. The Labute approximate surface area is 156 Å². The predicted octanol–water partition coefficient (Wildman–Crippen LogP) is 2.77. The highest BCUT2D eigenvalue weighted by atomic mass is 16.7. The third-order valence-corrected chi connectivity index (χ3v) is 6.22. The van der Waals surface area contributed by atoms with Crippen LogP contribution in [0.1, 0.15) is 51.0 Å². The molecule has 0 radical (unpaired) electrons. The minimum Gasteiger partial charge on any atom is -0.481 e. The summed E-state index contributed by atoms with van der Waals surface area (Å²) in [6.45, 7) is 2.78. The van der Waals surface area contributed by atoms with Gasteiger partial charge in [-0.05, 0) is 39.0 Å². The zero-order valence-electron chi connectivity index (χ0n) is 15.3. The number of aryl methyl sites for hydroxylation is 1. The maximum atomic E-state index is 11.1. The Bertz CT molecular complexity index is 940. The molecule has 0 aromatic carbocycles. The number of anilines is 1. The molecule has 5 rings (SSSR count). The molecule has 0 amide bonds. The minimum absolute atomic E-state index is 0.111. The van der Waals surface area contributed by atoms with Crippen molar-refractivity contribution in [3.8, 4) is 0 Å². The number of hydrogen-bond donors (Lipinski definition) is 2. The summed E-state index contributed by atoms with van der Waals surface area (Å²) in [5.41, 5.74) is 3.54. The van der Waals surface area contributed by atoms with Crippen LogP contribution in [0.25, 0.3) is 11.0 Å². The van der Waals surface area contributed by atoms with Crippen LogP contribution in [0.2, 0.25) is 0 Å². The molecule has 2 aromatic heterocycles. The van der Waals surface area contributed by atoms with Crippen LogP contribution in [0.4, 0.5) is 5.69 Å². The van der Waals surface area contributed by atoms with Crippen LogP contribution in [0.15, 0.2) is 17.5 Å². The summed E-state index contributed by atoms with van der Waals surface area (Å²) in [5, 5.41) is 22.5. The van der Waals surface area contributed by atoms with Crippen LogP contribution >= 0.6 is 0 Å². The molecule has 2 aliphatic carbocycles. The topological polar surface area (TPSA) is 102 Å². The van der Waals surface area contributed by atoms with Crippen LogP contribution in [-0.4, -0.2) is 43.2 Å². The number of carboxylic acid groups (broad SMARTS) is 1. The molecule has 3 heterocycles. The Hall–Kier alpha value is -2.64. The molecule has 27 heavy (non-hydrogen) atoms. The summed E-state index contributed by atoms with van der Waals surface area (Å²) in [5.74, 6) is -0.973. The first-order chi connectivity index (χ1) is 13.1. The number of carbonyl (C=O) groups is 1. The average Bonchev–Trinajstić information content (AvgIpc) is 3.21. The Morgan fingerprint density at radius 3 is 2.85 bits per heavy atom. The van der Waals surface area contributed by atoms with E-state index in [1.54, 1.807) is 0 Å². The SMILES string of the molecule is CCn1ncc2c(NC3CC(C(=O)O)C3)c(C3=NOC4(CCC4)C3)cnc21. The number of nitrogens with zero attached hydrogens (tertiary/aromatic N) is 4. The molecule has 1 spiro atoms. The highest BCUT2D eigenvalue weighted by molar-refractivity contribution is 6.10. The highest BCUT2D eigenvalue weighted by Crippen LogP contribution is 2.44. The van der Waals surface area contributed by atoms with Crippen molar-refractivity contribution >= 4 is 28.4 Å². The number of aliphatic carboxylic acids is 1. The minimum atomic E-state index is -0.715. The molecule has 1 aliphatic heterocycles. The van der Waals surface area contributed by atoms with E-state index < -0.39 is 5.97 Å². The first-order valence-corrected chi connectivity index (χ1v) is 9.68. The highest BCUT2D eigenvalue weighted by Gasteiger charge is 2.45. The molecular formula is C19H23N5O3. The smallest absolute Gasteiger partial charge is 0.306 e. The maximum Gasteiger partial charge on any atom is 0.306 e. The van der Waals surface area contributed by atoms with Crippen molar-refractivity contribution in [3.63, 3.8) is 0 Å². The van der Waals surface area contributed by atoms with Crippen molar-refractivity contribution in [2.24, 2.45) is 11.1 Å². The van der Waals surface area contributed by atoms with Crippen molar-refractivity contribution in [1.82, 2.24) is 14.8 Å². The van der Waals surface area contributed by atoms with Gasteiger partial charge in [0, 0.05) is 30.8 Å². The van der Waals surface area contributed by atoms with Crippen molar-refractivity contribution < 1.29 is 14.7 Å². The van der Waals surface area contributed by atoms with Crippen molar-refractivity contribution in [3.05, 3.63) is 18.0 Å². The van der Waals surface area contributed by atoms with E-state index in [1.165, 1.54) is 6.42 Å². The van der Waals surface area contributed by atoms with E-state index in [4.69, 9.17) is 9.94 Å². The predicted molar refractivity (Wildman–Crippen MR) is 99.8 cm³/mol. The molecule has 0 saturated heterocycles. The normalized spacial score (nSPS) is 25.6.